The van der Waals surface area contributed by atoms with Crippen molar-refractivity contribution >= 4 is 45.9 Å². The molecule has 0 aromatic heterocycles. The van der Waals surface area contributed by atoms with Crippen molar-refractivity contribution in [3.05, 3.63) is 211 Å². The predicted octanol–water partition coefficient (Wildman–Crippen LogP) is 10.5. The van der Waals surface area contributed by atoms with Gasteiger partial charge in [0.1, 0.15) is 0 Å². The third kappa shape index (κ3) is 4.69. The minimum Gasteiger partial charge on any atom is -0.310 e. The van der Waals surface area contributed by atoms with Gasteiger partial charge in [0.15, 0.2) is 8.07 Å². The van der Waals surface area contributed by atoms with Crippen LogP contribution in [0, 0.1) is 0 Å². The second-order valence-electron chi connectivity index (χ2n) is 14.9. The summed E-state index contributed by atoms with van der Waals surface area (Å²) >= 11 is 0. The van der Waals surface area contributed by atoms with Gasteiger partial charge < -0.3 is 4.90 Å². The van der Waals surface area contributed by atoms with Crippen LogP contribution in [0.2, 0.25) is 0 Å². The molecule has 0 amide bonds. The monoisotopic (exact) mass is 693 g/mol. The molecule has 8 aromatic carbocycles. The average molecular weight is 694 g/mol. The van der Waals surface area contributed by atoms with Crippen LogP contribution in [0.15, 0.2) is 200 Å². The van der Waals surface area contributed by atoms with E-state index in [0.717, 1.165) is 5.69 Å². The summed E-state index contributed by atoms with van der Waals surface area (Å²) in [5.41, 5.74) is 13.9. The van der Waals surface area contributed by atoms with Crippen LogP contribution in [0.4, 0.5) is 17.1 Å². The van der Waals surface area contributed by atoms with E-state index in [-0.39, 0.29) is 5.41 Å². The summed E-state index contributed by atoms with van der Waals surface area (Å²) in [5.74, 6) is 0. The Kier molecular flexibility index (Phi) is 7.25. The van der Waals surface area contributed by atoms with Gasteiger partial charge in [0.2, 0.25) is 0 Å². The van der Waals surface area contributed by atoms with Gasteiger partial charge in [0.05, 0.1) is 5.69 Å². The average Bonchev–Trinajstić information content (AvgIpc) is 3.65. The zero-order valence-corrected chi connectivity index (χ0v) is 31.0. The molecule has 2 heteroatoms. The van der Waals surface area contributed by atoms with Crippen molar-refractivity contribution in [2.75, 3.05) is 4.90 Å². The molecule has 0 atom stereocenters. The Bertz CT molecular complexity index is 2590. The molecule has 0 spiro atoms. The number of fused-ring (bicyclic) bond motifs is 6. The van der Waals surface area contributed by atoms with Crippen molar-refractivity contribution in [3.63, 3.8) is 0 Å². The lowest BCUT2D eigenvalue weighted by atomic mass is 9.82. The summed E-state index contributed by atoms with van der Waals surface area (Å²) in [5, 5.41) is 5.71. The summed E-state index contributed by atoms with van der Waals surface area (Å²) in [6.45, 7) is 4.74. The second-order valence-corrected chi connectivity index (χ2v) is 18.6. The van der Waals surface area contributed by atoms with E-state index in [4.69, 9.17) is 0 Å². The van der Waals surface area contributed by atoms with Crippen LogP contribution in [-0.2, 0) is 5.41 Å². The minimum absolute atomic E-state index is 0.104. The summed E-state index contributed by atoms with van der Waals surface area (Å²) in [6.07, 6.45) is 0. The summed E-state index contributed by atoms with van der Waals surface area (Å²) in [4.78, 5) is 2.52. The summed E-state index contributed by atoms with van der Waals surface area (Å²) < 4.78 is 0. The van der Waals surface area contributed by atoms with Crippen LogP contribution in [0.3, 0.4) is 0 Å². The first kappa shape index (κ1) is 31.5. The van der Waals surface area contributed by atoms with Gasteiger partial charge >= 0.3 is 0 Å². The highest BCUT2D eigenvalue weighted by Crippen LogP contribution is 2.54. The third-order valence-corrected chi connectivity index (χ3v) is 16.6. The molecule has 1 aliphatic carbocycles. The molecule has 1 aliphatic heterocycles. The molecule has 0 unspecified atom stereocenters. The van der Waals surface area contributed by atoms with Gasteiger partial charge in [-0.25, -0.2) is 0 Å². The van der Waals surface area contributed by atoms with Crippen molar-refractivity contribution in [3.8, 4) is 33.4 Å². The molecule has 252 valence electrons. The zero-order valence-electron chi connectivity index (χ0n) is 30.0. The fourth-order valence-electron chi connectivity index (χ4n) is 9.35. The minimum atomic E-state index is -2.69. The Morgan fingerprint density at radius 1 is 0.396 bits per heavy atom. The number of nitrogens with zero attached hydrogens (tertiary/aromatic N) is 1. The van der Waals surface area contributed by atoms with Crippen LogP contribution in [0.25, 0.3) is 33.4 Å². The van der Waals surface area contributed by atoms with E-state index >= 15 is 0 Å². The molecule has 0 radical (unpaired) electrons. The molecule has 8 aromatic rings. The van der Waals surface area contributed by atoms with Crippen molar-refractivity contribution in [1.29, 1.82) is 0 Å². The molecule has 1 nitrogen and oxygen atoms in total. The standard InChI is InChI=1S/C51H39NSi/c1-51(2)45-25-14-12-24-44(45)50-46(51)26-16-27-47(50)52(38-31-29-37(30-32-38)36-17-6-3-7-18-36)39-33-34-43-42-23-13-15-28-48(42)53(49(43)35-39,40-19-8-4-9-20-40)41-21-10-5-11-22-41/h3-35H,1-2H3. The lowest BCUT2D eigenvalue weighted by Crippen LogP contribution is -2.72. The second kappa shape index (κ2) is 12.2. The molecule has 53 heavy (non-hydrogen) atoms. The van der Waals surface area contributed by atoms with Crippen LogP contribution in [-0.4, -0.2) is 8.07 Å². The maximum absolute atomic E-state index is 2.69. The van der Waals surface area contributed by atoms with Gasteiger partial charge in [-0.1, -0.05) is 184 Å². The number of anilines is 3. The van der Waals surface area contributed by atoms with Gasteiger partial charge in [-0.15, -0.1) is 0 Å². The Morgan fingerprint density at radius 2 is 0.925 bits per heavy atom. The number of hydrogen-bond donors (Lipinski definition) is 0. The predicted molar refractivity (Wildman–Crippen MR) is 227 cm³/mol. The quantitative estimate of drug-likeness (QED) is 0.157. The molecule has 0 fully saturated rings. The van der Waals surface area contributed by atoms with E-state index < -0.39 is 8.07 Å². The highest BCUT2D eigenvalue weighted by molar-refractivity contribution is 7.22. The topological polar surface area (TPSA) is 3.24 Å². The van der Waals surface area contributed by atoms with Gasteiger partial charge in [-0.3, -0.25) is 0 Å². The van der Waals surface area contributed by atoms with Crippen LogP contribution in [0.1, 0.15) is 25.0 Å². The maximum Gasteiger partial charge on any atom is 0.180 e. The third-order valence-electron chi connectivity index (χ3n) is 11.8. The lowest BCUT2D eigenvalue weighted by molar-refractivity contribution is 0.660. The van der Waals surface area contributed by atoms with Crippen LogP contribution < -0.4 is 25.6 Å². The van der Waals surface area contributed by atoms with Crippen molar-refractivity contribution in [2.45, 2.75) is 19.3 Å². The fraction of sp³-hybridized carbons (Fsp3) is 0.0588. The normalized spacial score (nSPS) is 14.2. The van der Waals surface area contributed by atoms with Crippen molar-refractivity contribution in [1.82, 2.24) is 0 Å². The molecule has 1 heterocycles. The highest BCUT2D eigenvalue weighted by Gasteiger charge is 2.49. The highest BCUT2D eigenvalue weighted by atomic mass is 28.3. The Balaban J connectivity index is 1.25. The van der Waals surface area contributed by atoms with E-state index in [0.29, 0.717) is 0 Å². The van der Waals surface area contributed by atoms with E-state index in [1.807, 2.05) is 0 Å². The Labute approximate surface area is 313 Å². The molecular formula is C51H39NSi. The van der Waals surface area contributed by atoms with Gasteiger partial charge in [-0.05, 0) is 90.0 Å². The van der Waals surface area contributed by atoms with Gasteiger partial charge in [-0.2, -0.15) is 0 Å². The first-order valence-corrected chi connectivity index (χ1v) is 20.6. The van der Waals surface area contributed by atoms with E-state index in [2.05, 4.69) is 219 Å². The maximum atomic E-state index is 2.54. The number of rotatable bonds is 6. The van der Waals surface area contributed by atoms with Crippen LogP contribution >= 0.6 is 0 Å². The molecule has 0 bridgehead atoms. The lowest BCUT2D eigenvalue weighted by Gasteiger charge is -2.33. The van der Waals surface area contributed by atoms with Crippen LogP contribution in [0.5, 0.6) is 0 Å². The first-order valence-electron chi connectivity index (χ1n) is 18.6. The smallest absolute Gasteiger partial charge is 0.180 e. The van der Waals surface area contributed by atoms with Gasteiger partial charge in [0.25, 0.3) is 0 Å². The largest absolute Gasteiger partial charge is 0.310 e. The fourth-order valence-corrected chi connectivity index (χ4v) is 14.6. The zero-order chi connectivity index (χ0) is 35.6. The molecular weight excluding hydrogens is 655 g/mol. The van der Waals surface area contributed by atoms with Gasteiger partial charge in [0, 0.05) is 22.4 Å². The SMILES string of the molecule is CC1(C)c2ccccc2-c2c(N(c3ccc(-c4ccccc4)cc3)c3ccc4c(c3)[Si](c3ccccc3)(c3ccccc3)c3ccccc3-4)cccc21. The molecule has 0 N–H and O–H groups in total. The van der Waals surface area contributed by atoms with Crippen molar-refractivity contribution < 1.29 is 0 Å². The molecule has 0 saturated carbocycles. The summed E-state index contributed by atoms with van der Waals surface area (Å²) in [7, 11) is -2.69. The Morgan fingerprint density at radius 3 is 1.62 bits per heavy atom. The number of benzene rings is 8. The molecule has 10 rings (SSSR count). The van der Waals surface area contributed by atoms with Crippen molar-refractivity contribution in [2.24, 2.45) is 0 Å². The Hall–Kier alpha value is -6.22. The molecule has 2 aliphatic rings. The summed E-state index contributed by atoms with van der Waals surface area (Å²) in [6, 6.07) is 74.7. The molecule has 0 saturated heterocycles. The van der Waals surface area contributed by atoms with E-state index in [1.165, 1.54) is 76.6 Å². The number of hydrogen-bond acceptors (Lipinski definition) is 1. The van der Waals surface area contributed by atoms with E-state index in [9.17, 15) is 0 Å². The van der Waals surface area contributed by atoms with E-state index in [1.54, 1.807) is 0 Å². The first-order chi connectivity index (χ1) is 26.1.